The minimum atomic E-state index is -0.195. The van der Waals surface area contributed by atoms with Crippen molar-refractivity contribution in [3.05, 3.63) is 23.0 Å². The molecule has 98 valence electrons. The van der Waals surface area contributed by atoms with Crippen LogP contribution in [0.1, 0.15) is 36.5 Å². The summed E-state index contributed by atoms with van der Waals surface area (Å²) in [6, 6.07) is 1.56. The molecule has 4 nitrogen and oxygen atoms in total. The highest BCUT2D eigenvalue weighted by Crippen LogP contribution is 2.30. The Morgan fingerprint density at radius 3 is 3.06 bits per heavy atom. The Kier molecular flexibility index (Phi) is 4.07. The maximum Gasteiger partial charge on any atom is 0.254 e. The van der Waals surface area contributed by atoms with E-state index in [9.17, 15) is 4.79 Å². The predicted octanol–water partition coefficient (Wildman–Crippen LogP) is 2.48. The molecule has 5 heteroatoms. The number of carbonyl (C=O) groups excluding carboxylic acids is 1. The number of rotatable bonds is 3. The molecule has 1 saturated carbocycles. The first kappa shape index (κ1) is 13.1. The van der Waals surface area contributed by atoms with Gasteiger partial charge in [0.15, 0.2) is 0 Å². The number of hydrogen-bond acceptors (Lipinski definition) is 3. The fraction of sp³-hybridized carbons (Fsp3) is 0.538. The number of carbonyl (C=O) groups is 1. The Morgan fingerprint density at radius 2 is 2.39 bits per heavy atom. The average molecular weight is 268 g/mol. The summed E-state index contributed by atoms with van der Waals surface area (Å²) >= 11 is 5.89. The number of nitrogen functional groups attached to an aromatic ring is 1. The lowest BCUT2D eigenvalue weighted by Gasteiger charge is -2.16. The molecule has 2 rings (SSSR count). The smallest absolute Gasteiger partial charge is 0.254 e. The van der Waals surface area contributed by atoms with Gasteiger partial charge in [0.05, 0.1) is 17.4 Å². The van der Waals surface area contributed by atoms with Gasteiger partial charge in [-0.2, -0.15) is 0 Å². The molecule has 1 aromatic heterocycles. The fourth-order valence-corrected chi connectivity index (χ4v) is 2.66. The van der Waals surface area contributed by atoms with Gasteiger partial charge in [0.2, 0.25) is 0 Å². The second kappa shape index (κ2) is 5.57. The molecule has 0 radical (unpaired) electrons. The second-order valence-corrected chi connectivity index (χ2v) is 5.34. The lowest BCUT2D eigenvalue weighted by Crippen LogP contribution is -2.30. The van der Waals surface area contributed by atoms with Gasteiger partial charge in [-0.3, -0.25) is 4.79 Å². The minimum Gasteiger partial charge on any atom is -0.397 e. The summed E-state index contributed by atoms with van der Waals surface area (Å²) in [6.07, 6.45) is 5.13. The summed E-state index contributed by atoms with van der Waals surface area (Å²) in [5.74, 6) is 1.06. The zero-order valence-electron chi connectivity index (χ0n) is 10.4. The molecule has 0 bridgehead atoms. The molecule has 1 aromatic rings. The van der Waals surface area contributed by atoms with Crippen molar-refractivity contribution in [1.29, 1.82) is 0 Å². The second-order valence-electron chi connectivity index (χ2n) is 4.99. The monoisotopic (exact) mass is 267 g/mol. The first-order chi connectivity index (χ1) is 8.58. The van der Waals surface area contributed by atoms with Crippen molar-refractivity contribution in [3.63, 3.8) is 0 Å². The minimum absolute atomic E-state index is 0.195. The van der Waals surface area contributed by atoms with Gasteiger partial charge in [-0.1, -0.05) is 31.4 Å². The summed E-state index contributed by atoms with van der Waals surface area (Å²) < 4.78 is 0. The predicted molar refractivity (Wildman–Crippen MR) is 72.5 cm³/mol. The van der Waals surface area contributed by atoms with Gasteiger partial charge in [0.25, 0.3) is 5.91 Å². The molecule has 2 atom stereocenters. The first-order valence-electron chi connectivity index (χ1n) is 6.27. The van der Waals surface area contributed by atoms with Crippen LogP contribution in [0, 0.1) is 11.8 Å². The van der Waals surface area contributed by atoms with Crippen molar-refractivity contribution >= 4 is 23.2 Å². The van der Waals surface area contributed by atoms with E-state index in [1.54, 1.807) is 6.07 Å². The Balaban J connectivity index is 1.97. The number of halogens is 1. The van der Waals surface area contributed by atoms with Crippen LogP contribution in [-0.2, 0) is 0 Å². The summed E-state index contributed by atoms with van der Waals surface area (Å²) in [5.41, 5.74) is 6.40. The molecule has 2 unspecified atom stereocenters. The van der Waals surface area contributed by atoms with Crippen LogP contribution in [0.25, 0.3) is 0 Å². The van der Waals surface area contributed by atoms with Crippen molar-refractivity contribution in [3.8, 4) is 0 Å². The van der Waals surface area contributed by atoms with E-state index in [4.69, 9.17) is 17.3 Å². The lowest BCUT2D eigenvalue weighted by atomic mass is 9.98. The Morgan fingerprint density at radius 1 is 1.61 bits per heavy atom. The number of anilines is 1. The molecule has 0 saturated heterocycles. The quantitative estimate of drug-likeness (QED) is 0.827. The van der Waals surface area contributed by atoms with Crippen molar-refractivity contribution in [2.75, 3.05) is 12.3 Å². The van der Waals surface area contributed by atoms with Crippen LogP contribution >= 0.6 is 11.6 Å². The first-order valence-corrected chi connectivity index (χ1v) is 6.65. The highest BCUT2D eigenvalue weighted by Gasteiger charge is 2.24. The van der Waals surface area contributed by atoms with Gasteiger partial charge < -0.3 is 11.1 Å². The van der Waals surface area contributed by atoms with Crippen LogP contribution in [0.5, 0.6) is 0 Å². The third-order valence-electron chi connectivity index (χ3n) is 3.67. The Hall–Kier alpha value is -1.29. The van der Waals surface area contributed by atoms with E-state index in [2.05, 4.69) is 17.2 Å². The zero-order chi connectivity index (χ0) is 13.1. The SMILES string of the molecule is CC1CCCC1CNC(=O)c1cc(N)cnc1Cl. The molecule has 1 aliphatic carbocycles. The molecule has 0 aliphatic heterocycles. The molecule has 1 amide bonds. The molecular formula is C13H18ClN3O. The number of hydrogen-bond donors (Lipinski definition) is 2. The van der Waals surface area contributed by atoms with Crippen LogP contribution in [0.2, 0.25) is 5.15 Å². The summed E-state index contributed by atoms with van der Waals surface area (Å²) in [7, 11) is 0. The van der Waals surface area contributed by atoms with Gasteiger partial charge in [-0.05, 0) is 24.3 Å². The number of pyridine rings is 1. The summed E-state index contributed by atoms with van der Waals surface area (Å²) in [6.45, 7) is 2.93. The average Bonchev–Trinajstić information content (AvgIpc) is 2.75. The van der Waals surface area contributed by atoms with Crippen molar-refractivity contribution in [2.24, 2.45) is 11.8 Å². The van der Waals surface area contributed by atoms with E-state index in [-0.39, 0.29) is 11.1 Å². The third kappa shape index (κ3) is 2.93. The van der Waals surface area contributed by atoms with E-state index in [1.165, 1.54) is 25.5 Å². The van der Waals surface area contributed by atoms with Crippen LogP contribution in [0.15, 0.2) is 12.3 Å². The van der Waals surface area contributed by atoms with E-state index in [0.717, 1.165) is 0 Å². The zero-order valence-corrected chi connectivity index (χ0v) is 11.2. The fourth-order valence-electron chi connectivity index (χ4n) is 2.47. The summed E-state index contributed by atoms with van der Waals surface area (Å²) in [5, 5.41) is 3.12. The number of amides is 1. The topological polar surface area (TPSA) is 68.0 Å². The Labute approximate surface area is 112 Å². The number of nitrogens with zero attached hydrogens (tertiary/aromatic N) is 1. The highest BCUT2D eigenvalue weighted by molar-refractivity contribution is 6.32. The summed E-state index contributed by atoms with van der Waals surface area (Å²) in [4.78, 5) is 15.9. The maximum atomic E-state index is 12.0. The van der Waals surface area contributed by atoms with Crippen LogP contribution in [0.4, 0.5) is 5.69 Å². The van der Waals surface area contributed by atoms with Crippen molar-refractivity contribution in [2.45, 2.75) is 26.2 Å². The third-order valence-corrected chi connectivity index (χ3v) is 3.97. The molecule has 1 aliphatic rings. The number of nitrogens with two attached hydrogens (primary N) is 1. The number of nitrogens with one attached hydrogen (secondary N) is 1. The van der Waals surface area contributed by atoms with E-state index in [1.807, 2.05) is 0 Å². The van der Waals surface area contributed by atoms with E-state index < -0.39 is 0 Å². The Bertz CT molecular complexity index is 450. The lowest BCUT2D eigenvalue weighted by molar-refractivity contribution is 0.0944. The maximum absolute atomic E-state index is 12.0. The standard InChI is InChI=1S/C13H18ClN3O/c1-8-3-2-4-9(8)6-17-13(18)11-5-10(15)7-16-12(11)14/h5,7-9H,2-4,6,15H2,1H3,(H,17,18). The van der Waals surface area contributed by atoms with Gasteiger partial charge in [0, 0.05) is 6.54 Å². The van der Waals surface area contributed by atoms with Crippen LogP contribution in [0.3, 0.4) is 0 Å². The molecule has 1 fully saturated rings. The largest absolute Gasteiger partial charge is 0.397 e. The van der Waals surface area contributed by atoms with E-state index in [0.29, 0.717) is 29.6 Å². The van der Waals surface area contributed by atoms with Gasteiger partial charge in [-0.15, -0.1) is 0 Å². The van der Waals surface area contributed by atoms with Crippen molar-refractivity contribution < 1.29 is 4.79 Å². The normalized spacial score (nSPS) is 23.0. The van der Waals surface area contributed by atoms with Gasteiger partial charge in [0.1, 0.15) is 5.15 Å². The van der Waals surface area contributed by atoms with Crippen LogP contribution < -0.4 is 11.1 Å². The van der Waals surface area contributed by atoms with Gasteiger partial charge in [-0.25, -0.2) is 4.98 Å². The van der Waals surface area contributed by atoms with E-state index >= 15 is 0 Å². The molecule has 3 N–H and O–H groups in total. The van der Waals surface area contributed by atoms with Crippen LogP contribution in [-0.4, -0.2) is 17.4 Å². The van der Waals surface area contributed by atoms with Gasteiger partial charge >= 0.3 is 0 Å². The molecular weight excluding hydrogens is 250 g/mol. The molecule has 1 heterocycles. The highest BCUT2D eigenvalue weighted by atomic mass is 35.5. The molecule has 0 spiro atoms. The number of aromatic nitrogens is 1. The van der Waals surface area contributed by atoms with Crippen molar-refractivity contribution in [1.82, 2.24) is 10.3 Å². The molecule has 0 aromatic carbocycles. The molecule has 18 heavy (non-hydrogen) atoms.